The van der Waals surface area contributed by atoms with Crippen LogP contribution in [-0.4, -0.2) is 30.7 Å². The fourth-order valence-electron chi connectivity index (χ4n) is 3.42. The lowest BCUT2D eigenvalue weighted by molar-refractivity contribution is -0.146. The van der Waals surface area contributed by atoms with Crippen molar-refractivity contribution in [3.8, 4) is 0 Å². The van der Waals surface area contributed by atoms with Crippen LogP contribution in [0.5, 0.6) is 0 Å². The van der Waals surface area contributed by atoms with Crippen molar-refractivity contribution in [2.45, 2.75) is 40.2 Å². The largest absolute Gasteiger partial charge is 0.465 e. The monoisotopic (exact) mass is 399 g/mol. The molecule has 1 unspecified atom stereocenters. The Bertz CT molecular complexity index is 1150. The summed E-state index contributed by atoms with van der Waals surface area (Å²) in [5, 5.41) is 3.76. The van der Waals surface area contributed by atoms with Gasteiger partial charge in [0.15, 0.2) is 5.42 Å². The fraction of sp³-hybridized carbons (Fsp3) is 0.409. The average Bonchev–Trinajstić information content (AvgIpc) is 2.95. The van der Waals surface area contributed by atoms with E-state index in [1.54, 1.807) is 38.1 Å². The number of rotatable bonds is 5. The van der Waals surface area contributed by atoms with E-state index in [0.717, 1.165) is 0 Å². The van der Waals surface area contributed by atoms with Crippen molar-refractivity contribution >= 4 is 34.2 Å². The molecule has 0 fully saturated rings. The molecule has 2 aromatic rings. The van der Waals surface area contributed by atoms with Gasteiger partial charge in [-0.25, -0.2) is 4.79 Å². The molecule has 0 aliphatic heterocycles. The second-order valence-electron chi connectivity index (χ2n) is 7.74. The maximum Gasteiger partial charge on any atom is 0.339 e. The Morgan fingerprint density at radius 2 is 1.76 bits per heavy atom. The maximum atomic E-state index is 13.3. The second-order valence-corrected chi connectivity index (χ2v) is 7.74. The number of benzene rings is 1. The van der Waals surface area contributed by atoms with Gasteiger partial charge in [-0.2, -0.15) is 0 Å². The van der Waals surface area contributed by atoms with Crippen molar-refractivity contribution in [1.29, 1.82) is 0 Å². The third kappa shape index (κ3) is 3.77. The first-order valence-corrected chi connectivity index (χ1v) is 9.61. The summed E-state index contributed by atoms with van der Waals surface area (Å²) >= 11 is 0. The highest BCUT2D eigenvalue weighted by atomic mass is 16.5. The number of carbonyl (C=O) groups excluding carboxylic acids is 2. The van der Waals surface area contributed by atoms with E-state index in [4.69, 9.17) is 13.9 Å². The predicted molar refractivity (Wildman–Crippen MR) is 108 cm³/mol. The number of carbonyl (C=O) groups is 2. The van der Waals surface area contributed by atoms with E-state index in [2.05, 4.69) is 5.32 Å². The highest BCUT2D eigenvalue weighted by Gasteiger charge is 2.42. The van der Waals surface area contributed by atoms with Crippen molar-refractivity contribution < 1.29 is 23.5 Å². The minimum atomic E-state index is -1.13. The van der Waals surface area contributed by atoms with Gasteiger partial charge in [-0.3, -0.25) is 9.59 Å². The quantitative estimate of drug-likeness (QED) is 0.755. The van der Waals surface area contributed by atoms with Crippen molar-refractivity contribution in [3.63, 3.8) is 0 Å². The molecule has 1 aromatic carbocycles. The van der Waals surface area contributed by atoms with Crippen molar-refractivity contribution in [1.82, 2.24) is 5.32 Å². The molecule has 1 aromatic heterocycles. The Morgan fingerprint density at radius 3 is 2.38 bits per heavy atom. The number of ether oxygens (including phenoxy) is 2. The minimum Gasteiger partial charge on any atom is -0.465 e. The summed E-state index contributed by atoms with van der Waals surface area (Å²) in [6, 6.07) is 6.76. The van der Waals surface area contributed by atoms with Gasteiger partial charge in [0.2, 0.25) is 5.43 Å². The first-order chi connectivity index (χ1) is 13.7. The lowest BCUT2D eigenvalue weighted by atomic mass is 9.97. The van der Waals surface area contributed by atoms with Gasteiger partial charge < -0.3 is 19.2 Å². The van der Waals surface area contributed by atoms with Crippen LogP contribution in [0, 0.1) is 5.92 Å². The lowest BCUT2D eigenvalue weighted by Gasteiger charge is -2.26. The normalized spacial score (nSPS) is 16.0. The fourth-order valence-corrected chi connectivity index (χ4v) is 3.42. The minimum absolute atomic E-state index is 0.0186. The van der Waals surface area contributed by atoms with Crippen LogP contribution in [0.2, 0.25) is 0 Å². The molecule has 1 aliphatic rings. The molecule has 1 aliphatic carbocycles. The van der Waals surface area contributed by atoms with E-state index < -0.39 is 23.4 Å². The van der Waals surface area contributed by atoms with Crippen molar-refractivity contribution in [2.75, 3.05) is 13.2 Å². The van der Waals surface area contributed by atoms with Gasteiger partial charge in [0, 0.05) is 11.2 Å². The topological polar surface area (TPSA) is 94.8 Å². The number of fused-ring (bicyclic) bond motifs is 2. The van der Waals surface area contributed by atoms with Gasteiger partial charge in [0.1, 0.15) is 17.1 Å². The van der Waals surface area contributed by atoms with E-state index in [9.17, 15) is 14.4 Å². The van der Waals surface area contributed by atoms with Crippen molar-refractivity contribution in [2.24, 2.45) is 5.92 Å². The van der Waals surface area contributed by atoms with Gasteiger partial charge in [0.05, 0.1) is 23.8 Å². The number of nitrogens with one attached hydrogen (secondary N) is 1. The molecular weight excluding hydrogens is 374 g/mol. The molecule has 0 saturated carbocycles. The third-order valence-electron chi connectivity index (χ3n) is 4.42. The summed E-state index contributed by atoms with van der Waals surface area (Å²) in [6.07, 6.45) is 0. The van der Waals surface area contributed by atoms with Crippen LogP contribution in [0.15, 0.2) is 33.5 Å². The molecule has 7 nitrogen and oxygen atoms in total. The van der Waals surface area contributed by atoms with Gasteiger partial charge in [-0.05, 0) is 46.8 Å². The molecule has 0 amide bonds. The summed E-state index contributed by atoms with van der Waals surface area (Å²) in [7, 11) is 0. The molecule has 7 heteroatoms. The first kappa shape index (κ1) is 20.6. The van der Waals surface area contributed by atoms with Crippen LogP contribution < -0.4 is 21.4 Å². The van der Waals surface area contributed by atoms with E-state index in [1.807, 2.05) is 20.8 Å². The third-order valence-corrected chi connectivity index (χ3v) is 4.42. The highest BCUT2D eigenvalue weighted by Crippen LogP contribution is 2.27. The smallest absolute Gasteiger partial charge is 0.339 e. The molecule has 3 rings (SSSR count). The zero-order chi connectivity index (χ0) is 21.3. The number of esters is 2. The molecule has 154 valence electrons. The molecule has 0 radical (unpaired) electrons. The zero-order valence-corrected chi connectivity index (χ0v) is 17.3. The molecule has 1 N–H and O–H groups in total. The molecular formula is C22H25NO6. The summed E-state index contributed by atoms with van der Waals surface area (Å²) in [6.45, 7) is 9.29. The molecule has 0 bridgehead atoms. The predicted octanol–water partition coefficient (Wildman–Crippen LogP) is 1.20. The molecule has 1 atom stereocenters. The summed E-state index contributed by atoms with van der Waals surface area (Å²) < 4.78 is 16.4. The maximum absolute atomic E-state index is 13.3. The van der Waals surface area contributed by atoms with Crippen molar-refractivity contribution in [3.05, 3.63) is 45.1 Å². The van der Waals surface area contributed by atoms with Gasteiger partial charge in [-0.15, -0.1) is 0 Å². The average molecular weight is 399 g/mol. The van der Waals surface area contributed by atoms with Gasteiger partial charge in [-0.1, -0.05) is 12.1 Å². The standard InChI is InChI=1S/C22H25NO6/c1-6-27-20(25)14-15(21(26)28-7-2)19-16(17(14)23-22(3,4)5)18(24)12-10-8-9-11-13(12)29-19/h8-11,14,23H,6-7H2,1-5H3. The van der Waals surface area contributed by atoms with Crippen LogP contribution in [-0.2, 0) is 19.1 Å². The molecule has 1 heterocycles. The van der Waals surface area contributed by atoms with E-state index in [0.29, 0.717) is 16.7 Å². The lowest BCUT2D eigenvalue weighted by Crippen LogP contribution is -2.45. The van der Waals surface area contributed by atoms with Crippen LogP contribution >= 0.6 is 0 Å². The first-order valence-electron chi connectivity index (χ1n) is 9.61. The summed E-state index contributed by atoms with van der Waals surface area (Å²) in [4.78, 5) is 39.0. The second kappa shape index (κ2) is 7.73. The van der Waals surface area contributed by atoms with Gasteiger partial charge >= 0.3 is 11.9 Å². The molecule has 0 spiro atoms. The Morgan fingerprint density at radius 1 is 1.10 bits per heavy atom. The van der Waals surface area contributed by atoms with Crippen LogP contribution in [0.25, 0.3) is 22.2 Å². The Balaban J connectivity index is 2.48. The van der Waals surface area contributed by atoms with Crippen LogP contribution in [0.4, 0.5) is 0 Å². The molecule has 0 saturated heterocycles. The Labute approximate surface area is 168 Å². The summed E-state index contributed by atoms with van der Waals surface area (Å²) in [5.74, 6) is -2.48. The Kier molecular flexibility index (Phi) is 5.50. The van der Waals surface area contributed by atoms with Crippen LogP contribution in [0.1, 0.15) is 34.6 Å². The zero-order valence-electron chi connectivity index (χ0n) is 17.3. The van der Waals surface area contributed by atoms with E-state index in [-0.39, 0.29) is 34.8 Å². The van der Waals surface area contributed by atoms with E-state index in [1.165, 1.54) is 0 Å². The number of para-hydroxylation sites is 1. The molecule has 29 heavy (non-hydrogen) atoms. The van der Waals surface area contributed by atoms with Gasteiger partial charge in [0.25, 0.3) is 0 Å². The van der Waals surface area contributed by atoms with E-state index >= 15 is 0 Å². The Hall–Kier alpha value is -3.09. The van der Waals surface area contributed by atoms with Crippen LogP contribution in [0.3, 0.4) is 0 Å². The number of hydrogen-bond donors (Lipinski definition) is 1. The SMILES string of the molecule is CCOC(=O)C1=c2oc3ccccc3c(=O)c2=C(NC(C)(C)C)C1C(=O)OCC. The summed E-state index contributed by atoms with van der Waals surface area (Å²) in [5.41, 5.74) is -0.139. The highest BCUT2D eigenvalue weighted by molar-refractivity contribution is 6.19. The number of hydrogen-bond acceptors (Lipinski definition) is 7.